The van der Waals surface area contributed by atoms with Crippen LogP contribution in [0.5, 0.6) is 11.5 Å². The first-order chi connectivity index (χ1) is 14.8. The molecule has 31 heavy (non-hydrogen) atoms. The molecule has 0 saturated carbocycles. The van der Waals surface area contributed by atoms with Crippen LogP contribution in [0.1, 0.15) is 33.0 Å². The van der Waals surface area contributed by atoms with Crippen LogP contribution in [0.25, 0.3) is 5.70 Å². The number of nitrogens with zero attached hydrogens (tertiary/aromatic N) is 1. The van der Waals surface area contributed by atoms with Crippen LogP contribution < -0.4 is 21.3 Å². The van der Waals surface area contributed by atoms with Gasteiger partial charge in [-0.3, -0.25) is 19.1 Å². The number of H-pyrrole nitrogens is 1. The van der Waals surface area contributed by atoms with Crippen LogP contribution in [0.4, 0.5) is 5.82 Å². The average Bonchev–Trinajstić information content (AvgIpc) is 3.05. The number of methoxy groups -OCH3 is 1. The monoisotopic (exact) mass is 481 g/mol. The van der Waals surface area contributed by atoms with Crippen LogP contribution in [0, 0.1) is 0 Å². The molecular formula is C22H16BrN3O5. The number of benzene rings is 2. The van der Waals surface area contributed by atoms with Crippen molar-refractivity contribution in [2.45, 2.75) is 5.92 Å². The van der Waals surface area contributed by atoms with Crippen molar-refractivity contribution in [2.75, 3.05) is 12.4 Å². The van der Waals surface area contributed by atoms with Gasteiger partial charge < -0.3 is 15.2 Å². The zero-order valence-electron chi connectivity index (χ0n) is 16.4. The Hall–Kier alpha value is -3.59. The number of anilines is 1. The van der Waals surface area contributed by atoms with Crippen LogP contribution in [0.2, 0.25) is 0 Å². The lowest BCUT2D eigenvalue weighted by molar-refractivity contribution is 0.103. The van der Waals surface area contributed by atoms with Crippen molar-refractivity contribution in [2.24, 2.45) is 7.05 Å². The van der Waals surface area contributed by atoms with Gasteiger partial charge in [0.05, 0.1) is 22.8 Å². The number of halogens is 1. The summed E-state index contributed by atoms with van der Waals surface area (Å²) in [5.41, 5.74) is 1.82. The Morgan fingerprint density at radius 1 is 1.13 bits per heavy atom. The third-order valence-corrected chi connectivity index (χ3v) is 6.34. The number of phenols is 1. The third kappa shape index (κ3) is 2.63. The molecule has 156 valence electrons. The second-order valence-electron chi connectivity index (χ2n) is 7.36. The molecular weight excluding hydrogens is 466 g/mol. The Morgan fingerprint density at radius 2 is 1.84 bits per heavy atom. The first-order valence-electron chi connectivity index (χ1n) is 9.38. The summed E-state index contributed by atoms with van der Waals surface area (Å²) in [6.07, 6.45) is 0. The topological polar surface area (TPSA) is 113 Å². The van der Waals surface area contributed by atoms with E-state index in [2.05, 4.69) is 26.2 Å². The van der Waals surface area contributed by atoms with Crippen molar-refractivity contribution in [3.8, 4) is 11.5 Å². The number of fused-ring (bicyclic) bond motifs is 3. The average molecular weight is 482 g/mol. The molecule has 0 bridgehead atoms. The number of aromatic amines is 1. The smallest absolute Gasteiger partial charge is 0.329 e. The van der Waals surface area contributed by atoms with Gasteiger partial charge in [0.2, 0.25) is 0 Å². The second-order valence-corrected chi connectivity index (χ2v) is 8.21. The highest BCUT2D eigenvalue weighted by Crippen LogP contribution is 2.49. The van der Waals surface area contributed by atoms with E-state index in [-0.39, 0.29) is 22.8 Å². The summed E-state index contributed by atoms with van der Waals surface area (Å²) in [5, 5.41) is 13.4. The number of hydrogen-bond donors (Lipinski definition) is 3. The summed E-state index contributed by atoms with van der Waals surface area (Å²) in [6, 6.07) is 10.4. The zero-order chi connectivity index (χ0) is 22.0. The molecule has 0 unspecified atom stereocenters. The highest BCUT2D eigenvalue weighted by molar-refractivity contribution is 9.10. The van der Waals surface area contributed by atoms with Gasteiger partial charge in [-0.2, -0.15) is 0 Å². The fraction of sp³-hybridized carbons (Fsp3) is 0.136. The van der Waals surface area contributed by atoms with Crippen molar-refractivity contribution < 1.29 is 14.6 Å². The standard InChI is InChI=1S/C22H16BrN3O5/c1-26-20-16(21(29)25-22(26)30)14(9-7-12(23)19(28)13(8-9)31-2)15-17(24-20)10-5-3-4-6-11(10)18(15)27/h3-8,14,24,28H,1-2H3,(H,25,29,30)/t14-/m0/s1. The summed E-state index contributed by atoms with van der Waals surface area (Å²) >= 11 is 3.32. The zero-order valence-corrected chi connectivity index (χ0v) is 18.0. The van der Waals surface area contributed by atoms with E-state index in [0.29, 0.717) is 38.3 Å². The molecule has 2 aromatic carbocycles. The number of aromatic nitrogens is 2. The molecule has 8 nitrogen and oxygen atoms in total. The van der Waals surface area contributed by atoms with E-state index in [1.807, 2.05) is 12.1 Å². The van der Waals surface area contributed by atoms with Crippen molar-refractivity contribution in [3.63, 3.8) is 0 Å². The van der Waals surface area contributed by atoms with Gasteiger partial charge in [-0.05, 0) is 33.6 Å². The predicted molar refractivity (Wildman–Crippen MR) is 118 cm³/mol. The van der Waals surface area contributed by atoms with E-state index in [4.69, 9.17) is 4.74 Å². The largest absolute Gasteiger partial charge is 0.503 e. The van der Waals surface area contributed by atoms with Gasteiger partial charge in [0, 0.05) is 29.7 Å². The molecule has 3 N–H and O–H groups in total. The van der Waals surface area contributed by atoms with Crippen molar-refractivity contribution >= 4 is 33.2 Å². The number of nitrogens with one attached hydrogen (secondary N) is 2. The number of phenolic OH excluding ortho intramolecular Hbond substituents is 1. The minimum atomic E-state index is -0.785. The number of hydrogen-bond acceptors (Lipinski definition) is 6. The van der Waals surface area contributed by atoms with Crippen LogP contribution in [0.3, 0.4) is 0 Å². The van der Waals surface area contributed by atoms with Crippen molar-refractivity contribution in [3.05, 3.63) is 89.5 Å². The minimum Gasteiger partial charge on any atom is -0.503 e. The van der Waals surface area contributed by atoms with Crippen LogP contribution >= 0.6 is 15.9 Å². The number of rotatable bonds is 2. The van der Waals surface area contributed by atoms with E-state index in [1.54, 1.807) is 31.3 Å². The molecule has 1 aromatic heterocycles. The quantitative estimate of drug-likeness (QED) is 0.518. The maximum Gasteiger partial charge on any atom is 0.329 e. The number of Topliss-reactive ketones (excluding diaryl/α,β-unsaturated/α-hetero) is 1. The maximum atomic E-state index is 13.4. The molecule has 0 radical (unpaired) electrons. The first-order valence-corrected chi connectivity index (χ1v) is 10.2. The third-order valence-electron chi connectivity index (χ3n) is 5.74. The number of allylic oxidation sites excluding steroid dienone is 1. The summed E-state index contributed by atoms with van der Waals surface area (Å²) in [4.78, 5) is 41.0. The molecule has 1 aliphatic heterocycles. The van der Waals surface area contributed by atoms with Crippen LogP contribution in [0.15, 0.2) is 56.0 Å². The fourth-order valence-corrected chi connectivity index (χ4v) is 4.74. The van der Waals surface area contributed by atoms with E-state index >= 15 is 0 Å². The molecule has 3 aromatic rings. The minimum absolute atomic E-state index is 0.0926. The highest BCUT2D eigenvalue weighted by Gasteiger charge is 2.42. The lowest BCUT2D eigenvalue weighted by Gasteiger charge is -2.29. The van der Waals surface area contributed by atoms with Gasteiger partial charge in [0.1, 0.15) is 5.82 Å². The van der Waals surface area contributed by atoms with Crippen molar-refractivity contribution in [1.82, 2.24) is 9.55 Å². The van der Waals surface area contributed by atoms with Gasteiger partial charge >= 0.3 is 5.69 Å². The van der Waals surface area contributed by atoms with Gasteiger partial charge in [-0.15, -0.1) is 0 Å². The Labute approximate surface area is 183 Å². The summed E-state index contributed by atoms with van der Waals surface area (Å²) in [7, 11) is 2.96. The van der Waals surface area contributed by atoms with Crippen LogP contribution in [-0.4, -0.2) is 27.6 Å². The normalized spacial score (nSPS) is 16.5. The van der Waals surface area contributed by atoms with E-state index in [1.165, 1.54) is 11.7 Å². The molecule has 5 rings (SSSR count). The Kier molecular flexibility index (Phi) is 4.19. The Bertz CT molecular complexity index is 1450. The van der Waals surface area contributed by atoms with Gasteiger partial charge in [0.15, 0.2) is 17.3 Å². The molecule has 1 aliphatic carbocycles. The van der Waals surface area contributed by atoms with Gasteiger partial charge in [-0.1, -0.05) is 24.3 Å². The number of carbonyl (C=O) groups is 1. The fourth-order valence-electron chi connectivity index (χ4n) is 4.28. The molecule has 0 fully saturated rings. The predicted octanol–water partition coefficient (Wildman–Crippen LogP) is 2.72. The van der Waals surface area contributed by atoms with Gasteiger partial charge in [0.25, 0.3) is 5.56 Å². The Morgan fingerprint density at radius 3 is 2.55 bits per heavy atom. The maximum absolute atomic E-state index is 13.4. The first kappa shape index (κ1) is 19.4. The molecule has 2 aliphatic rings. The number of aromatic hydroxyl groups is 1. The SMILES string of the molecule is COc1cc([C@H]2C3=C(Nc4c2c(=O)[nH]c(=O)n4C)c2ccccc2C3=O)cc(Br)c1O. The van der Waals surface area contributed by atoms with Crippen molar-refractivity contribution in [1.29, 1.82) is 0 Å². The highest BCUT2D eigenvalue weighted by atomic mass is 79.9. The molecule has 0 saturated heterocycles. The van der Waals surface area contributed by atoms with Gasteiger partial charge in [-0.25, -0.2) is 4.79 Å². The molecule has 1 atom stereocenters. The lowest BCUT2D eigenvalue weighted by atomic mass is 9.81. The van der Waals surface area contributed by atoms with Crippen LogP contribution in [-0.2, 0) is 7.05 Å². The second kappa shape index (κ2) is 6.71. The molecule has 0 spiro atoms. The number of carbonyl (C=O) groups excluding carboxylic acids is 1. The summed E-state index contributed by atoms with van der Waals surface area (Å²) < 4.78 is 6.95. The summed E-state index contributed by atoms with van der Waals surface area (Å²) in [5.74, 6) is -0.580. The lowest BCUT2D eigenvalue weighted by Crippen LogP contribution is -2.37. The molecule has 2 heterocycles. The number of ketones is 1. The van der Waals surface area contributed by atoms with E-state index in [0.717, 1.165) is 0 Å². The van der Waals surface area contributed by atoms with E-state index in [9.17, 15) is 19.5 Å². The van der Waals surface area contributed by atoms with E-state index < -0.39 is 17.2 Å². The summed E-state index contributed by atoms with van der Waals surface area (Å²) in [6.45, 7) is 0. The Balaban J connectivity index is 1.88. The number of ether oxygens (including phenoxy) is 1. The molecule has 9 heteroatoms. The molecule has 0 amide bonds.